The third-order valence-corrected chi connectivity index (χ3v) is 9.74. The minimum Gasteiger partial charge on any atom is -0.490 e. The number of hydrogen-bond donors (Lipinski definition) is 2. The number of ether oxygens (including phenoxy) is 8. The molecule has 16 heteroatoms. The Bertz CT molecular complexity index is 2410. The van der Waals surface area contributed by atoms with Gasteiger partial charge in [-0.1, -0.05) is 99.1 Å². The summed E-state index contributed by atoms with van der Waals surface area (Å²) in [7, 11) is 0. The van der Waals surface area contributed by atoms with Crippen molar-refractivity contribution in [2.45, 2.75) is 30.3 Å². The van der Waals surface area contributed by atoms with Crippen LogP contribution < -0.4 is 20.1 Å². The topological polar surface area (TPSA) is 229 Å². The van der Waals surface area contributed by atoms with E-state index in [9.17, 15) is 19.2 Å². The van der Waals surface area contributed by atoms with E-state index in [0.29, 0.717) is 11.5 Å². The second kappa shape index (κ2) is 25.2. The zero-order valence-electron chi connectivity index (χ0n) is 37.0. The fraction of sp³-hybridized carbons (Fsp3) is 0.216. The third-order valence-electron chi connectivity index (χ3n) is 9.74. The van der Waals surface area contributed by atoms with Crippen molar-refractivity contribution >= 4 is 24.1 Å². The first-order valence-electron chi connectivity index (χ1n) is 20.1. The van der Waals surface area contributed by atoms with E-state index in [4.69, 9.17) is 37.9 Å². The van der Waals surface area contributed by atoms with Crippen molar-refractivity contribution in [1.29, 1.82) is 0 Å². The van der Waals surface area contributed by atoms with E-state index in [0.717, 1.165) is 58.1 Å². The van der Waals surface area contributed by atoms with Crippen LogP contribution in [0.3, 0.4) is 0 Å². The molecule has 0 fully saturated rings. The van der Waals surface area contributed by atoms with Gasteiger partial charge >= 0.3 is 24.1 Å². The van der Waals surface area contributed by atoms with Crippen molar-refractivity contribution in [2.24, 2.45) is 0 Å². The Labute approximate surface area is 388 Å². The lowest BCUT2D eigenvalue weighted by Crippen LogP contribution is -2.53. The molecule has 5 rings (SSSR count). The van der Waals surface area contributed by atoms with Gasteiger partial charge in [-0.2, -0.15) is 0 Å². The molecule has 0 radical (unpaired) electrons. The molecule has 67 heavy (non-hydrogen) atoms. The van der Waals surface area contributed by atoms with Crippen LogP contribution in [0.1, 0.15) is 36.1 Å². The van der Waals surface area contributed by atoms with Gasteiger partial charge in [-0.05, 0) is 83.3 Å². The Kier molecular flexibility index (Phi) is 19.9. The number of alkyl carbamates (subject to hydrolysis) is 2. The third kappa shape index (κ3) is 13.8. The van der Waals surface area contributed by atoms with Crippen LogP contribution in [-0.2, 0) is 43.4 Å². The molecular formula is C51H52N2O14. The highest BCUT2D eigenvalue weighted by atomic mass is 16.6. The Morgan fingerprint density at radius 1 is 0.567 bits per heavy atom. The maximum atomic E-state index is 12.7. The first kappa shape index (κ1) is 52.9. The van der Waals surface area contributed by atoms with Gasteiger partial charge in [0, 0.05) is 12.2 Å². The summed E-state index contributed by atoms with van der Waals surface area (Å²) in [6, 6.07) is 32.1. The average molecular weight is 917 g/mol. The van der Waals surface area contributed by atoms with Gasteiger partial charge in [0.1, 0.15) is 68.9 Å². The molecule has 350 valence electrons. The molecule has 1 aliphatic rings. The smallest absolute Gasteiger partial charge is 0.409 e. The Hall–Kier alpha value is -8.44. The molecule has 4 aromatic carbocycles. The number of fused-ring (bicyclic) bond motifs is 3. The number of nitrogens with one attached hydrogen (secondary N) is 2. The number of esters is 2. The van der Waals surface area contributed by atoms with Crippen LogP contribution in [0.15, 0.2) is 148 Å². The van der Waals surface area contributed by atoms with Gasteiger partial charge in [0.05, 0.1) is 17.9 Å². The molecule has 0 saturated carbocycles. The van der Waals surface area contributed by atoms with E-state index in [-0.39, 0.29) is 50.6 Å². The molecule has 0 atom stereocenters. The summed E-state index contributed by atoms with van der Waals surface area (Å²) in [4.78, 5) is 48.7. The molecule has 0 spiro atoms. The van der Waals surface area contributed by atoms with Crippen molar-refractivity contribution in [3.8, 4) is 46.7 Å². The van der Waals surface area contributed by atoms with Crippen molar-refractivity contribution in [3.63, 3.8) is 0 Å². The summed E-state index contributed by atoms with van der Waals surface area (Å²) in [5.74, 6) is 5.02. The number of rotatable bonds is 20. The Balaban J connectivity index is 0.00000595. The molecule has 0 aliphatic heterocycles. The first-order valence-corrected chi connectivity index (χ1v) is 20.1. The Morgan fingerprint density at radius 2 is 0.970 bits per heavy atom. The highest BCUT2D eigenvalue weighted by Crippen LogP contribution is 2.56. The fourth-order valence-corrected chi connectivity index (χ4v) is 6.87. The zero-order chi connectivity index (χ0) is 46.7. The van der Waals surface area contributed by atoms with Crippen molar-refractivity contribution < 1.29 is 68.0 Å². The van der Waals surface area contributed by atoms with Crippen LogP contribution in [0, 0.1) is 24.1 Å². The maximum absolute atomic E-state index is 12.7. The summed E-state index contributed by atoms with van der Waals surface area (Å²) in [5.41, 5.74) is 3.00. The van der Waals surface area contributed by atoms with Crippen LogP contribution in [0.25, 0.3) is 11.1 Å². The van der Waals surface area contributed by atoms with Crippen LogP contribution in [0.2, 0.25) is 0 Å². The van der Waals surface area contributed by atoms with Gasteiger partial charge < -0.3 is 54.2 Å². The van der Waals surface area contributed by atoms with E-state index in [2.05, 4.69) is 85.3 Å². The van der Waals surface area contributed by atoms with E-state index in [1.807, 2.05) is 72.8 Å². The first-order chi connectivity index (χ1) is 31.4. The highest BCUT2D eigenvalue weighted by Gasteiger charge is 2.46. The molecule has 0 bridgehead atoms. The minimum absolute atomic E-state index is 0. The van der Waals surface area contributed by atoms with Gasteiger partial charge in [0.25, 0.3) is 0 Å². The molecule has 2 amide bonds. The molecule has 6 N–H and O–H groups in total. The van der Waals surface area contributed by atoms with Crippen molar-refractivity contribution in [3.05, 3.63) is 170 Å². The van der Waals surface area contributed by atoms with E-state index in [1.54, 1.807) is 6.92 Å². The minimum atomic E-state index is -1.36. The molecule has 16 nitrogen and oxygen atoms in total. The quantitative estimate of drug-likeness (QED) is 0.0235. The zero-order valence-corrected chi connectivity index (χ0v) is 37.0. The fourth-order valence-electron chi connectivity index (χ4n) is 6.87. The largest absolute Gasteiger partial charge is 0.490 e. The van der Waals surface area contributed by atoms with Crippen molar-refractivity contribution in [1.82, 2.24) is 10.6 Å². The number of benzene rings is 4. The summed E-state index contributed by atoms with van der Waals surface area (Å²) in [5, 5.41) is 5.16. The molecule has 1 aliphatic carbocycles. The molecule has 0 unspecified atom stereocenters. The summed E-state index contributed by atoms with van der Waals surface area (Å²) < 4.78 is 42.5. The van der Waals surface area contributed by atoms with Crippen LogP contribution in [-0.4, -0.2) is 85.8 Å². The number of carbonyl (C=O) groups is 4. The van der Waals surface area contributed by atoms with E-state index >= 15 is 0 Å². The molecule has 0 aromatic heterocycles. The van der Waals surface area contributed by atoms with Gasteiger partial charge in [-0.15, -0.1) is 0 Å². The maximum Gasteiger partial charge on any atom is 0.409 e. The van der Waals surface area contributed by atoms with Gasteiger partial charge in [0.2, 0.25) is 0 Å². The van der Waals surface area contributed by atoms with Gasteiger partial charge in [-0.25, -0.2) is 19.2 Å². The summed E-state index contributed by atoms with van der Waals surface area (Å²) >= 11 is 0. The normalized spacial score (nSPS) is 11.3. The molecule has 0 saturated heterocycles. The highest BCUT2D eigenvalue weighted by molar-refractivity contribution is 5.86. The van der Waals surface area contributed by atoms with Crippen LogP contribution in [0.5, 0.6) is 11.5 Å². The molecule has 4 aromatic rings. The molecule has 0 heterocycles. The lowest BCUT2D eigenvalue weighted by Gasteiger charge is -2.34. The summed E-state index contributed by atoms with van der Waals surface area (Å²) in [6.07, 6.45) is 7.38. The number of hydrogen-bond acceptors (Lipinski definition) is 12. The van der Waals surface area contributed by atoms with Crippen LogP contribution >= 0.6 is 0 Å². The average Bonchev–Trinajstić information content (AvgIpc) is 3.62. The second-order valence-corrected chi connectivity index (χ2v) is 14.4. The van der Waals surface area contributed by atoms with E-state index in [1.165, 1.54) is 6.92 Å². The molecular weight excluding hydrogens is 865 g/mol. The predicted molar refractivity (Wildman–Crippen MR) is 248 cm³/mol. The van der Waals surface area contributed by atoms with Crippen LogP contribution in [0.4, 0.5) is 9.59 Å². The number of amides is 2. The van der Waals surface area contributed by atoms with Gasteiger partial charge in [-0.3, -0.25) is 5.32 Å². The monoisotopic (exact) mass is 916 g/mol. The van der Waals surface area contributed by atoms with Crippen molar-refractivity contribution in [2.75, 3.05) is 39.6 Å². The van der Waals surface area contributed by atoms with Gasteiger partial charge in [0.15, 0.2) is 5.54 Å². The predicted octanol–water partition coefficient (Wildman–Crippen LogP) is 5.83. The lowest BCUT2D eigenvalue weighted by atomic mass is 9.68. The number of carbonyl (C=O) groups excluding carboxylic acids is 4. The lowest BCUT2D eigenvalue weighted by molar-refractivity contribution is -0.144. The standard InChI is InChI=1S/C51H48N2O12.2H2O/c1-7-45(54)64-35-50(6,36-65-46(55)8-2)53-48(57)63-34-32-61-40-25-21-38(22-26-40)51(43-17-13-11-15-41(43)42-16-12-14-18-44(42)51)37-19-23-39(24-20-37)60-31-33-62-47(56)52-49(5,27-29-58-9-3)28-30-59-10-4;;/h7-26H,1-4,31-36H2,5-6H3,(H,52,56)(H,53,57);2*1H2. The Morgan fingerprint density at radius 3 is 1.37 bits per heavy atom. The SMILES string of the molecule is C=COC#CC(C)(C#COC=C)NC(=O)OCCOc1ccc(C2(c3ccc(OCCOC(=O)NC(C)(COC(=O)C=C)COC(=O)C=C)cc3)c3ccccc3-c3ccccc32)cc1.O.O. The van der Waals surface area contributed by atoms with E-state index < -0.39 is 40.6 Å². The summed E-state index contributed by atoms with van der Waals surface area (Å²) in [6.45, 7) is 15.9. The second-order valence-electron chi connectivity index (χ2n) is 14.4.